The summed E-state index contributed by atoms with van der Waals surface area (Å²) in [6, 6.07) is 0. The SMILES string of the molecule is Cc1nn(C)c(Cn2cc(N)c(C(N)=O)n2)c1Cl. The molecule has 0 saturated carbocycles. The summed E-state index contributed by atoms with van der Waals surface area (Å²) >= 11 is 6.13. The zero-order valence-electron chi connectivity index (χ0n) is 10.0. The van der Waals surface area contributed by atoms with Crippen LogP contribution in [0, 0.1) is 6.92 Å². The standard InChI is InChI=1S/C10H13ClN6O/c1-5-8(11)7(16(2)14-5)4-17-3-6(12)9(15-17)10(13)18/h3H,4,12H2,1-2H3,(H2,13,18). The van der Waals surface area contributed by atoms with Gasteiger partial charge in [-0.1, -0.05) is 11.6 Å². The van der Waals surface area contributed by atoms with Crippen molar-refractivity contribution in [3.63, 3.8) is 0 Å². The molecule has 0 saturated heterocycles. The third-order valence-corrected chi connectivity index (χ3v) is 3.09. The summed E-state index contributed by atoms with van der Waals surface area (Å²) in [5, 5.41) is 8.78. The molecule has 8 heteroatoms. The fraction of sp³-hybridized carbons (Fsp3) is 0.300. The summed E-state index contributed by atoms with van der Waals surface area (Å²) in [6.45, 7) is 2.19. The number of carbonyl (C=O) groups is 1. The number of hydrogen-bond acceptors (Lipinski definition) is 4. The topological polar surface area (TPSA) is 105 Å². The molecular weight excluding hydrogens is 256 g/mol. The predicted molar refractivity (Wildman–Crippen MR) is 67.2 cm³/mol. The van der Waals surface area contributed by atoms with Crippen molar-refractivity contribution < 1.29 is 4.79 Å². The van der Waals surface area contributed by atoms with Gasteiger partial charge in [-0.2, -0.15) is 10.2 Å². The highest BCUT2D eigenvalue weighted by atomic mass is 35.5. The Morgan fingerprint density at radius 1 is 1.50 bits per heavy atom. The number of carbonyl (C=O) groups excluding carboxylic acids is 1. The minimum Gasteiger partial charge on any atom is -0.396 e. The van der Waals surface area contributed by atoms with E-state index in [1.165, 1.54) is 4.68 Å². The Hall–Kier alpha value is -2.02. The summed E-state index contributed by atoms with van der Waals surface area (Å²) in [4.78, 5) is 11.0. The van der Waals surface area contributed by atoms with Crippen molar-refractivity contribution in [3.05, 3.63) is 28.3 Å². The van der Waals surface area contributed by atoms with Gasteiger partial charge in [-0.05, 0) is 6.92 Å². The van der Waals surface area contributed by atoms with Gasteiger partial charge in [-0.25, -0.2) is 0 Å². The van der Waals surface area contributed by atoms with Crippen LogP contribution in [0.5, 0.6) is 0 Å². The van der Waals surface area contributed by atoms with E-state index in [1.807, 2.05) is 6.92 Å². The first-order chi connectivity index (χ1) is 8.40. The molecule has 2 aromatic rings. The van der Waals surface area contributed by atoms with Crippen LogP contribution in [-0.2, 0) is 13.6 Å². The van der Waals surface area contributed by atoms with Crippen LogP contribution in [0.25, 0.3) is 0 Å². The van der Waals surface area contributed by atoms with E-state index in [1.54, 1.807) is 17.9 Å². The van der Waals surface area contributed by atoms with Crippen molar-refractivity contribution >= 4 is 23.2 Å². The third kappa shape index (κ3) is 2.04. The fourth-order valence-corrected chi connectivity index (χ4v) is 1.93. The number of hydrogen-bond donors (Lipinski definition) is 2. The molecule has 0 spiro atoms. The molecule has 0 bridgehead atoms. The summed E-state index contributed by atoms with van der Waals surface area (Å²) in [6.07, 6.45) is 1.54. The fourth-order valence-electron chi connectivity index (χ4n) is 1.71. The number of primary amides is 1. The van der Waals surface area contributed by atoms with E-state index in [4.69, 9.17) is 23.1 Å². The quantitative estimate of drug-likeness (QED) is 0.835. The molecule has 2 heterocycles. The van der Waals surface area contributed by atoms with E-state index in [2.05, 4.69) is 10.2 Å². The van der Waals surface area contributed by atoms with Crippen LogP contribution in [0.15, 0.2) is 6.20 Å². The molecule has 0 unspecified atom stereocenters. The first-order valence-corrected chi connectivity index (χ1v) is 5.58. The third-order valence-electron chi connectivity index (χ3n) is 2.60. The van der Waals surface area contributed by atoms with E-state index in [0.717, 1.165) is 11.4 Å². The molecule has 96 valence electrons. The van der Waals surface area contributed by atoms with Crippen molar-refractivity contribution in [2.24, 2.45) is 12.8 Å². The number of halogens is 1. The predicted octanol–water partition coefficient (Wildman–Crippen LogP) is 0.308. The van der Waals surface area contributed by atoms with Crippen molar-refractivity contribution in [1.82, 2.24) is 19.6 Å². The molecule has 0 aliphatic carbocycles. The molecule has 4 N–H and O–H groups in total. The van der Waals surface area contributed by atoms with Crippen LogP contribution < -0.4 is 11.5 Å². The van der Waals surface area contributed by atoms with Crippen molar-refractivity contribution in [2.75, 3.05) is 5.73 Å². The Labute approximate surface area is 108 Å². The molecule has 1 amide bonds. The highest BCUT2D eigenvalue weighted by Crippen LogP contribution is 2.20. The second-order valence-corrected chi connectivity index (χ2v) is 4.34. The summed E-state index contributed by atoms with van der Waals surface area (Å²) in [7, 11) is 1.79. The Kier molecular flexibility index (Phi) is 3.00. The molecule has 0 aromatic carbocycles. The lowest BCUT2D eigenvalue weighted by molar-refractivity contribution is 0.0995. The van der Waals surface area contributed by atoms with Gasteiger partial charge in [-0.3, -0.25) is 14.2 Å². The maximum atomic E-state index is 11.0. The molecule has 0 aliphatic rings. The number of nitrogens with two attached hydrogens (primary N) is 2. The smallest absolute Gasteiger partial charge is 0.271 e. The van der Waals surface area contributed by atoms with E-state index < -0.39 is 5.91 Å². The molecule has 2 rings (SSSR count). The van der Waals surface area contributed by atoms with Crippen molar-refractivity contribution in [3.8, 4) is 0 Å². The Morgan fingerprint density at radius 3 is 2.61 bits per heavy atom. The zero-order chi connectivity index (χ0) is 13.4. The van der Waals surface area contributed by atoms with Crippen LogP contribution in [-0.4, -0.2) is 25.5 Å². The molecule has 18 heavy (non-hydrogen) atoms. The second-order valence-electron chi connectivity index (χ2n) is 3.96. The van der Waals surface area contributed by atoms with Gasteiger partial charge in [-0.15, -0.1) is 0 Å². The minimum atomic E-state index is -0.654. The lowest BCUT2D eigenvalue weighted by atomic mass is 10.3. The molecule has 7 nitrogen and oxygen atoms in total. The van der Waals surface area contributed by atoms with Crippen LogP contribution >= 0.6 is 11.6 Å². The van der Waals surface area contributed by atoms with Crippen LogP contribution in [0.4, 0.5) is 5.69 Å². The van der Waals surface area contributed by atoms with Crippen LogP contribution in [0.1, 0.15) is 21.9 Å². The van der Waals surface area contributed by atoms with Gasteiger partial charge in [0.05, 0.1) is 28.6 Å². The number of nitrogen functional groups attached to an aromatic ring is 1. The van der Waals surface area contributed by atoms with Crippen molar-refractivity contribution in [1.29, 1.82) is 0 Å². The number of anilines is 1. The largest absolute Gasteiger partial charge is 0.396 e. The Morgan fingerprint density at radius 2 is 2.17 bits per heavy atom. The maximum Gasteiger partial charge on any atom is 0.271 e. The molecule has 0 atom stereocenters. The number of aromatic nitrogens is 4. The minimum absolute atomic E-state index is 0.0602. The monoisotopic (exact) mass is 268 g/mol. The Balaban J connectivity index is 2.34. The van der Waals surface area contributed by atoms with Crippen LogP contribution in [0.2, 0.25) is 5.02 Å². The lowest BCUT2D eigenvalue weighted by Gasteiger charge is -2.02. The van der Waals surface area contributed by atoms with E-state index in [9.17, 15) is 4.79 Å². The van der Waals surface area contributed by atoms with Crippen LogP contribution in [0.3, 0.4) is 0 Å². The second kappa shape index (κ2) is 4.34. The van der Waals surface area contributed by atoms with E-state index >= 15 is 0 Å². The first kappa shape index (κ1) is 12.4. The average Bonchev–Trinajstić information content (AvgIpc) is 2.75. The number of rotatable bonds is 3. The summed E-state index contributed by atoms with van der Waals surface area (Å²) in [5.41, 5.74) is 12.6. The number of aryl methyl sites for hydroxylation is 2. The summed E-state index contributed by atoms with van der Waals surface area (Å²) in [5.74, 6) is -0.654. The Bertz CT molecular complexity index is 614. The van der Waals surface area contributed by atoms with Gasteiger partial charge in [0.25, 0.3) is 5.91 Å². The van der Waals surface area contributed by atoms with E-state index in [-0.39, 0.29) is 11.4 Å². The van der Waals surface area contributed by atoms with Gasteiger partial charge in [0.2, 0.25) is 0 Å². The molecule has 0 fully saturated rings. The average molecular weight is 269 g/mol. The molecule has 0 radical (unpaired) electrons. The number of amides is 1. The van der Waals surface area contributed by atoms with Gasteiger partial charge >= 0.3 is 0 Å². The first-order valence-electron chi connectivity index (χ1n) is 5.21. The highest BCUT2D eigenvalue weighted by Gasteiger charge is 2.15. The number of nitrogens with zero attached hydrogens (tertiary/aromatic N) is 4. The molecule has 0 aliphatic heterocycles. The lowest BCUT2D eigenvalue weighted by Crippen LogP contribution is -2.14. The summed E-state index contributed by atoms with van der Waals surface area (Å²) < 4.78 is 3.18. The molecule has 2 aromatic heterocycles. The van der Waals surface area contributed by atoms with Gasteiger partial charge in [0.1, 0.15) is 0 Å². The maximum absolute atomic E-state index is 11.0. The normalized spacial score (nSPS) is 10.8. The van der Waals surface area contributed by atoms with Gasteiger partial charge < -0.3 is 11.5 Å². The van der Waals surface area contributed by atoms with Crippen molar-refractivity contribution in [2.45, 2.75) is 13.5 Å². The van der Waals surface area contributed by atoms with Gasteiger partial charge in [0.15, 0.2) is 5.69 Å². The highest BCUT2D eigenvalue weighted by molar-refractivity contribution is 6.31. The van der Waals surface area contributed by atoms with E-state index in [0.29, 0.717) is 11.6 Å². The van der Waals surface area contributed by atoms with Gasteiger partial charge in [0, 0.05) is 13.2 Å². The molecular formula is C10H13ClN6O. The zero-order valence-corrected chi connectivity index (χ0v) is 10.8.